The number of ether oxygens (including phenoxy) is 1. The summed E-state index contributed by atoms with van der Waals surface area (Å²) in [6.07, 6.45) is 3.75. The lowest BCUT2D eigenvalue weighted by molar-refractivity contribution is 0.0606. The fraction of sp³-hybridized carbons (Fsp3) is 0.444. The number of aromatic nitrogens is 1. The fourth-order valence-electron chi connectivity index (χ4n) is 2.79. The molecule has 5 nitrogen and oxygen atoms in total. The summed E-state index contributed by atoms with van der Waals surface area (Å²) in [4.78, 5) is 22.7. The summed E-state index contributed by atoms with van der Waals surface area (Å²) in [6.45, 7) is 4.32. The molecular formula is C18H23N3O2S. The van der Waals surface area contributed by atoms with E-state index in [1.54, 1.807) is 0 Å². The third-order valence-electron chi connectivity index (χ3n) is 4.35. The first-order valence-electron chi connectivity index (χ1n) is 8.21. The SMILES string of the molecule is COC(=O)c1ccc(CCc2ccc(N3CCN(C)CC3)cn2)s1. The third-order valence-corrected chi connectivity index (χ3v) is 5.48. The number of hydrogen-bond acceptors (Lipinski definition) is 6. The van der Waals surface area contributed by atoms with E-state index in [2.05, 4.69) is 34.0 Å². The predicted octanol–water partition coefficient (Wildman–Crippen LogP) is 2.47. The quantitative estimate of drug-likeness (QED) is 0.779. The van der Waals surface area contributed by atoms with Gasteiger partial charge in [-0.2, -0.15) is 0 Å². The highest BCUT2D eigenvalue weighted by Gasteiger charge is 2.14. The average molecular weight is 345 g/mol. The highest BCUT2D eigenvalue weighted by atomic mass is 32.1. The third kappa shape index (κ3) is 4.13. The number of carbonyl (C=O) groups excluding carboxylic acids is 1. The predicted molar refractivity (Wildman–Crippen MR) is 97.0 cm³/mol. The Bertz CT molecular complexity index is 676. The number of rotatable bonds is 5. The number of carbonyl (C=O) groups is 1. The van der Waals surface area contributed by atoms with Crippen molar-refractivity contribution in [2.45, 2.75) is 12.8 Å². The van der Waals surface area contributed by atoms with Gasteiger partial charge in [-0.3, -0.25) is 4.98 Å². The van der Waals surface area contributed by atoms with Gasteiger partial charge in [0.25, 0.3) is 0 Å². The standard InChI is InChI=1S/C18H23N3O2S/c1-20-9-11-21(12-10-20)15-5-3-14(19-13-15)4-6-16-7-8-17(24-16)18(22)23-2/h3,5,7-8,13H,4,6,9-12H2,1-2H3. The van der Waals surface area contributed by atoms with Crippen molar-refractivity contribution in [3.63, 3.8) is 0 Å². The molecule has 0 saturated carbocycles. The van der Waals surface area contributed by atoms with Crippen LogP contribution in [0.1, 0.15) is 20.2 Å². The molecule has 0 radical (unpaired) electrons. The molecular weight excluding hydrogens is 322 g/mol. The van der Waals surface area contributed by atoms with E-state index in [4.69, 9.17) is 4.74 Å². The van der Waals surface area contributed by atoms with Crippen molar-refractivity contribution in [3.05, 3.63) is 45.9 Å². The van der Waals surface area contributed by atoms with Crippen molar-refractivity contribution in [2.24, 2.45) is 0 Å². The zero-order valence-electron chi connectivity index (χ0n) is 14.2. The van der Waals surface area contributed by atoms with E-state index in [-0.39, 0.29) is 5.97 Å². The van der Waals surface area contributed by atoms with E-state index in [0.717, 1.165) is 44.7 Å². The molecule has 2 aromatic rings. The van der Waals surface area contributed by atoms with Crippen LogP contribution in [0.3, 0.4) is 0 Å². The van der Waals surface area contributed by atoms with Gasteiger partial charge >= 0.3 is 5.97 Å². The summed E-state index contributed by atoms with van der Waals surface area (Å²) < 4.78 is 4.74. The number of esters is 1. The van der Waals surface area contributed by atoms with E-state index >= 15 is 0 Å². The number of methoxy groups -OCH3 is 1. The summed E-state index contributed by atoms with van der Waals surface area (Å²) in [6, 6.07) is 8.11. The van der Waals surface area contributed by atoms with Gasteiger partial charge in [0, 0.05) is 36.8 Å². The molecule has 2 aromatic heterocycles. The lowest BCUT2D eigenvalue weighted by Gasteiger charge is -2.33. The molecule has 3 heterocycles. The van der Waals surface area contributed by atoms with E-state index in [1.807, 2.05) is 18.3 Å². The number of thiophene rings is 1. The molecule has 1 saturated heterocycles. The monoisotopic (exact) mass is 345 g/mol. The van der Waals surface area contributed by atoms with Crippen LogP contribution in [-0.2, 0) is 17.6 Å². The molecule has 0 atom stereocenters. The van der Waals surface area contributed by atoms with Crippen molar-refractivity contribution in [1.82, 2.24) is 9.88 Å². The molecule has 3 rings (SSSR count). The summed E-state index contributed by atoms with van der Waals surface area (Å²) >= 11 is 1.50. The highest BCUT2D eigenvalue weighted by molar-refractivity contribution is 7.13. The number of likely N-dealkylation sites (N-methyl/N-ethyl adjacent to an activating group) is 1. The van der Waals surface area contributed by atoms with Gasteiger partial charge in [0.15, 0.2) is 0 Å². The molecule has 0 amide bonds. The van der Waals surface area contributed by atoms with Gasteiger partial charge in [-0.25, -0.2) is 4.79 Å². The summed E-state index contributed by atoms with van der Waals surface area (Å²) in [7, 11) is 3.57. The lowest BCUT2D eigenvalue weighted by Crippen LogP contribution is -2.44. The number of nitrogens with zero attached hydrogens (tertiary/aromatic N) is 3. The maximum absolute atomic E-state index is 11.5. The van der Waals surface area contributed by atoms with Crippen LogP contribution in [0, 0.1) is 0 Å². The Hall–Kier alpha value is -1.92. The number of hydrogen-bond donors (Lipinski definition) is 0. The summed E-state index contributed by atoms with van der Waals surface area (Å²) in [5.41, 5.74) is 2.29. The van der Waals surface area contributed by atoms with Gasteiger partial charge in [0.2, 0.25) is 0 Å². The van der Waals surface area contributed by atoms with Crippen LogP contribution in [0.4, 0.5) is 5.69 Å². The highest BCUT2D eigenvalue weighted by Crippen LogP contribution is 2.20. The first-order valence-corrected chi connectivity index (χ1v) is 9.03. The molecule has 1 aliphatic rings. The molecule has 128 valence electrons. The topological polar surface area (TPSA) is 45.7 Å². The fourth-order valence-corrected chi connectivity index (χ4v) is 3.72. The molecule has 0 aromatic carbocycles. The minimum Gasteiger partial charge on any atom is -0.465 e. The largest absolute Gasteiger partial charge is 0.465 e. The van der Waals surface area contributed by atoms with Crippen LogP contribution < -0.4 is 4.90 Å². The minimum absolute atomic E-state index is 0.263. The Morgan fingerprint density at radius 3 is 2.62 bits per heavy atom. The van der Waals surface area contributed by atoms with Crippen LogP contribution in [0.15, 0.2) is 30.5 Å². The maximum Gasteiger partial charge on any atom is 0.348 e. The number of piperazine rings is 1. The van der Waals surface area contributed by atoms with Gasteiger partial charge in [0.1, 0.15) is 4.88 Å². The second-order valence-corrected chi connectivity index (χ2v) is 7.22. The Morgan fingerprint density at radius 1 is 1.17 bits per heavy atom. The van der Waals surface area contributed by atoms with Crippen LogP contribution in [-0.4, -0.2) is 56.2 Å². The maximum atomic E-state index is 11.5. The van der Waals surface area contributed by atoms with Gasteiger partial charge in [-0.05, 0) is 44.2 Å². The van der Waals surface area contributed by atoms with Crippen LogP contribution in [0.25, 0.3) is 0 Å². The van der Waals surface area contributed by atoms with E-state index in [9.17, 15) is 4.79 Å². The molecule has 0 N–H and O–H groups in total. The first-order chi connectivity index (χ1) is 11.7. The van der Waals surface area contributed by atoms with Crippen molar-refractivity contribution in [1.29, 1.82) is 0 Å². The smallest absolute Gasteiger partial charge is 0.348 e. The lowest BCUT2D eigenvalue weighted by atomic mass is 10.2. The molecule has 0 aliphatic carbocycles. The Kier molecular flexibility index (Phi) is 5.48. The Morgan fingerprint density at radius 2 is 1.96 bits per heavy atom. The second kappa shape index (κ2) is 7.77. The normalized spacial score (nSPS) is 15.5. The summed E-state index contributed by atoms with van der Waals surface area (Å²) in [5.74, 6) is -0.263. The van der Waals surface area contributed by atoms with Crippen molar-refractivity contribution < 1.29 is 9.53 Å². The van der Waals surface area contributed by atoms with Crippen molar-refractivity contribution in [3.8, 4) is 0 Å². The van der Waals surface area contributed by atoms with Crippen LogP contribution >= 0.6 is 11.3 Å². The van der Waals surface area contributed by atoms with E-state index < -0.39 is 0 Å². The molecule has 0 unspecified atom stereocenters. The minimum atomic E-state index is -0.263. The van der Waals surface area contributed by atoms with Crippen LogP contribution in [0.2, 0.25) is 0 Å². The number of aryl methyl sites for hydroxylation is 2. The number of anilines is 1. The van der Waals surface area contributed by atoms with Crippen molar-refractivity contribution >= 4 is 23.0 Å². The van der Waals surface area contributed by atoms with Crippen molar-refractivity contribution in [2.75, 3.05) is 45.2 Å². The first kappa shape index (κ1) is 16.9. The van der Waals surface area contributed by atoms with Gasteiger partial charge in [-0.15, -0.1) is 11.3 Å². The molecule has 24 heavy (non-hydrogen) atoms. The zero-order chi connectivity index (χ0) is 16.9. The van der Waals surface area contributed by atoms with E-state index in [1.165, 1.54) is 29.0 Å². The van der Waals surface area contributed by atoms with Crippen LogP contribution in [0.5, 0.6) is 0 Å². The zero-order valence-corrected chi connectivity index (χ0v) is 15.0. The Balaban J connectivity index is 1.54. The van der Waals surface area contributed by atoms with E-state index in [0.29, 0.717) is 4.88 Å². The summed E-state index contributed by atoms with van der Waals surface area (Å²) in [5, 5.41) is 0. The molecule has 6 heteroatoms. The van der Waals surface area contributed by atoms with Gasteiger partial charge in [0.05, 0.1) is 19.0 Å². The van der Waals surface area contributed by atoms with Gasteiger partial charge in [-0.1, -0.05) is 0 Å². The number of pyridine rings is 1. The second-order valence-electron chi connectivity index (χ2n) is 6.06. The molecule has 1 fully saturated rings. The average Bonchev–Trinajstić information content (AvgIpc) is 3.09. The Labute approximate surface area is 146 Å². The molecule has 0 spiro atoms. The molecule has 1 aliphatic heterocycles. The molecule has 0 bridgehead atoms. The van der Waals surface area contributed by atoms with Gasteiger partial charge < -0.3 is 14.5 Å².